The van der Waals surface area contributed by atoms with Crippen molar-refractivity contribution in [1.29, 1.82) is 0 Å². The minimum Gasteiger partial charge on any atom is -0.353 e. The topological polar surface area (TPSA) is 85.2 Å². The van der Waals surface area contributed by atoms with Gasteiger partial charge in [-0.05, 0) is 42.8 Å². The van der Waals surface area contributed by atoms with Crippen LogP contribution in [0.4, 0.5) is 4.39 Å². The fourth-order valence-corrected chi connectivity index (χ4v) is 4.72. The maximum Gasteiger partial charge on any atom is 0.253 e. The predicted octanol–water partition coefficient (Wildman–Crippen LogP) is 2.63. The number of halogens is 1. The Kier molecular flexibility index (Phi) is 6.47. The quantitative estimate of drug-likeness (QED) is 0.587. The molecule has 30 heavy (non-hydrogen) atoms. The van der Waals surface area contributed by atoms with Gasteiger partial charge in [-0.2, -0.15) is 0 Å². The van der Waals surface area contributed by atoms with Gasteiger partial charge < -0.3 is 9.88 Å². The van der Waals surface area contributed by atoms with E-state index >= 15 is 0 Å². The Bertz CT molecular complexity index is 1190. The Morgan fingerprint density at radius 2 is 1.70 bits per heavy atom. The average molecular weight is 428 g/mol. The molecule has 8 heteroatoms. The number of benzene rings is 2. The third kappa shape index (κ3) is 4.83. The molecule has 1 aromatic heterocycles. The summed E-state index contributed by atoms with van der Waals surface area (Å²) >= 11 is 0. The molecule has 2 aromatic carbocycles. The zero-order valence-corrected chi connectivity index (χ0v) is 17.1. The number of rotatable bonds is 7. The maximum absolute atomic E-state index is 13.2. The number of carbonyl (C=O) groups is 1. The monoisotopic (exact) mass is 428 g/mol. The predicted molar refractivity (Wildman–Crippen MR) is 111 cm³/mol. The molecule has 0 saturated heterocycles. The van der Waals surface area contributed by atoms with Crippen LogP contribution >= 0.6 is 0 Å². The van der Waals surface area contributed by atoms with Crippen LogP contribution in [0.1, 0.15) is 16.4 Å². The first-order chi connectivity index (χ1) is 14.3. The van der Waals surface area contributed by atoms with E-state index in [0.29, 0.717) is 11.1 Å². The first-order valence-electron chi connectivity index (χ1n) is 9.26. The summed E-state index contributed by atoms with van der Waals surface area (Å²) in [7, 11) is -3.90. The molecule has 3 rings (SSSR count). The summed E-state index contributed by atoms with van der Waals surface area (Å²) < 4.78 is 40.9. The molecule has 1 heterocycles. The highest BCUT2D eigenvalue weighted by Crippen LogP contribution is 2.28. The molecule has 0 spiro atoms. The fraction of sp³-hybridized carbons (Fsp3) is 0.182. The first kappa shape index (κ1) is 21.4. The Morgan fingerprint density at radius 3 is 2.37 bits per heavy atom. The molecule has 1 amide bonds. The van der Waals surface area contributed by atoms with E-state index in [2.05, 4.69) is 5.32 Å². The van der Waals surface area contributed by atoms with E-state index in [1.165, 1.54) is 22.9 Å². The van der Waals surface area contributed by atoms with Crippen LogP contribution in [0.5, 0.6) is 0 Å². The molecule has 1 unspecified atom stereocenters. The van der Waals surface area contributed by atoms with Gasteiger partial charge in [0.1, 0.15) is 17.6 Å². The van der Waals surface area contributed by atoms with E-state index in [4.69, 9.17) is 0 Å². The lowest BCUT2D eigenvalue weighted by Crippen LogP contribution is -2.36. The number of nitrogens with zero attached hydrogens (tertiary/aromatic N) is 1. The number of amides is 1. The Labute approximate surface area is 173 Å². The van der Waals surface area contributed by atoms with Crippen molar-refractivity contribution < 1.29 is 17.6 Å². The van der Waals surface area contributed by atoms with Gasteiger partial charge in [-0.3, -0.25) is 9.59 Å². The summed E-state index contributed by atoms with van der Waals surface area (Å²) in [5.41, 5.74) is 0.715. The van der Waals surface area contributed by atoms with Gasteiger partial charge in [0, 0.05) is 18.3 Å². The van der Waals surface area contributed by atoms with E-state index < -0.39 is 26.8 Å². The van der Waals surface area contributed by atoms with Crippen LogP contribution in [0.25, 0.3) is 0 Å². The number of pyridine rings is 1. The van der Waals surface area contributed by atoms with Gasteiger partial charge >= 0.3 is 0 Å². The number of sulfone groups is 1. The number of aromatic nitrogens is 1. The lowest BCUT2D eigenvalue weighted by molar-refractivity contribution is -0.121. The lowest BCUT2D eigenvalue weighted by atomic mass is 10.1. The van der Waals surface area contributed by atoms with Crippen LogP contribution in [0.15, 0.2) is 82.6 Å². The van der Waals surface area contributed by atoms with Gasteiger partial charge in [-0.15, -0.1) is 0 Å². The minimum atomic E-state index is -3.90. The Balaban J connectivity index is 1.83. The number of nitrogens with one attached hydrogen (secondary N) is 1. The summed E-state index contributed by atoms with van der Waals surface area (Å²) in [5.74, 6) is -1.03. The largest absolute Gasteiger partial charge is 0.353 e. The zero-order valence-electron chi connectivity index (χ0n) is 16.3. The van der Waals surface area contributed by atoms with Gasteiger partial charge in [-0.1, -0.05) is 36.4 Å². The first-order valence-corrected chi connectivity index (χ1v) is 10.8. The third-order valence-corrected chi connectivity index (χ3v) is 6.81. The van der Waals surface area contributed by atoms with Gasteiger partial charge in [0.15, 0.2) is 9.84 Å². The summed E-state index contributed by atoms with van der Waals surface area (Å²) in [6.45, 7) is 1.24. The average Bonchev–Trinajstić information content (AvgIpc) is 2.72. The molecular weight excluding hydrogens is 407 g/mol. The van der Waals surface area contributed by atoms with Crippen molar-refractivity contribution in [1.82, 2.24) is 9.88 Å². The molecule has 156 valence electrons. The van der Waals surface area contributed by atoms with Gasteiger partial charge in [0.05, 0.1) is 4.90 Å². The smallest absolute Gasteiger partial charge is 0.253 e. The van der Waals surface area contributed by atoms with Crippen molar-refractivity contribution in [3.8, 4) is 0 Å². The molecule has 0 aliphatic rings. The van der Waals surface area contributed by atoms with E-state index in [1.54, 1.807) is 49.4 Å². The highest BCUT2D eigenvalue weighted by atomic mass is 32.2. The minimum absolute atomic E-state index is 0.0399. The number of hydrogen-bond donors (Lipinski definition) is 1. The van der Waals surface area contributed by atoms with Crippen molar-refractivity contribution in [3.05, 3.63) is 100 Å². The molecule has 0 aliphatic carbocycles. The molecule has 3 aromatic rings. The van der Waals surface area contributed by atoms with Gasteiger partial charge in [-0.25, -0.2) is 12.8 Å². The number of aryl methyl sites for hydroxylation is 1. The molecule has 0 saturated carbocycles. The fourth-order valence-electron chi connectivity index (χ4n) is 3.06. The van der Waals surface area contributed by atoms with Crippen LogP contribution in [-0.2, 0) is 21.2 Å². The van der Waals surface area contributed by atoms with Crippen LogP contribution in [0.3, 0.4) is 0 Å². The molecule has 0 fully saturated rings. The second-order valence-electron chi connectivity index (χ2n) is 6.83. The number of hydrogen-bond acceptors (Lipinski definition) is 4. The molecular formula is C22H21FN2O4S. The summed E-state index contributed by atoms with van der Waals surface area (Å²) in [4.78, 5) is 24.5. The van der Waals surface area contributed by atoms with Crippen molar-refractivity contribution in [2.24, 2.45) is 0 Å². The highest BCUT2D eigenvalue weighted by molar-refractivity contribution is 7.91. The molecule has 0 bridgehead atoms. The lowest BCUT2D eigenvalue weighted by Gasteiger charge is -2.19. The van der Waals surface area contributed by atoms with E-state index in [-0.39, 0.29) is 23.5 Å². The van der Waals surface area contributed by atoms with Crippen LogP contribution in [0, 0.1) is 12.7 Å². The van der Waals surface area contributed by atoms with Gasteiger partial charge in [0.2, 0.25) is 5.91 Å². The normalized spacial score (nSPS) is 12.3. The molecule has 0 aliphatic heterocycles. The Morgan fingerprint density at radius 1 is 1.03 bits per heavy atom. The van der Waals surface area contributed by atoms with Gasteiger partial charge in [0.25, 0.3) is 5.56 Å². The van der Waals surface area contributed by atoms with E-state index in [1.807, 2.05) is 0 Å². The number of carbonyl (C=O) groups excluding carboxylic acids is 1. The second-order valence-corrected chi connectivity index (χ2v) is 8.96. The van der Waals surface area contributed by atoms with Crippen molar-refractivity contribution in [3.63, 3.8) is 0 Å². The summed E-state index contributed by atoms with van der Waals surface area (Å²) in [6.07, 6.45) is 1.50. The van der Waals surface area contributed by atoms with Crippen molar-refractivity contribution in [2.75, 3.05) is 6.54 Å². The SMILES string of the molecule is Cc1cccn(CC(=O)NCC(c2ccccc2)S(=O)(=O)c2ccc(F)cc2)c1=O. The Hall–Kier alpha value is -3.26. The molecule has 0 radical (unpaired) electrons. The van der Waals surface area contributed by atoms with Crippen LogP contribution in [-0.4, -0.2) is 25.4 Å². The standard InChI is InChI=1S/C22H21FN2O4S/c1-16-6-5-13-25(22(16)27)15-21(26)24-14-20(17-7-3-2-4-8-17)30(28,29)19-11-9-18(23)10-12-19/h2-13,20H,14-15H2,1H3,(H,24,26). The van der Waals surface area contributed by atoms with E-state index in [9.17, 15) is 22.4 Å². The second kappa shape index (κ2) is 9.04. The summed E-state index contributed by atoms with van der Waals surface area (Å²) in [6, 6.07) is 16.4. The van der Waals surface area contributed by atoms with E-state index in [0.717, 1.165) is 12.1 Å². The van der Waals surface area contributed by atoms with Crippen LogP contribution in [0.2, 0.25) is 0 Å². The zero-order chi connectivity index (χ0) is 21.7. The van der Waals surface area contributed by atoms with Crippen LogP contribution < -0.4 is 10.9 Å². The molecule has 1 N–H and O–H groups in total. The van der Waals surface area contributed by atoms with Crippen molar-refractivity contribution >= 4 is 15.7 Å². The molecule has 1 atom stereocenters. The maximum atomic E-state index is 13.2. The highest BCUT2D eigenvalue weighted by Gasteiger charge is 2.29. The molecule has 6 nitrogen and oxygen atoms in total. The summed E-state index contributed by atoms with van der Waals surface area (Å²) in [5, 5.41) is 1.54. The van der Waals surface area contributed by atoms with Crippen molar-refractivity contribution in [2.45, 2.75) is 23.6 Å². The third-order valence-electron chi connectivity index (χ3n) is 4.70.